The van der Waals surface area contributed by atoms with E-state index in [1.54, 1.807) is 18.3 Å². The van der Waals surface area contributed by atoms with Crippen molar-refractivity contribution >= 4 is 34.5 Å². The van der Waals surface area contributed by atoms with Crippen LogP contribution in [0.2, 0.25) is 0 Å². The quantitative estimate of drug-likeness (QED) is 0.453. The maximum Gasteiger partial charge on any atom is 0.313 e. The fourth-order valence-corrected chi connectivity index (χ4v) is 4.25. The minimum absolute atomic E-state index is 0.0719. The Kier molecular flexibility index (Phi) is 6.05. The molecule has 0 saturated carbocycles. The number of anilines is 1. The molecule has 1 aliphatic rings. The van der Waals surface area contributed by atoms with Gasteiger partial charge in [0.2, 0.25) is 0 Å². The van der Waals surface area contributed by atoms with Crippen molar-refractivity contribution in [1.82, 2.24) is 5.32 Å². The van der Waals surface area contributed by atoms with Gasteiger partial charge in [0.1, 0.15) is 0 Å². The third-order valence-electron chi connectivity index (χ3n) is 4.96. The molecule has 0 bridgehead atoms. The molecule has 8 nitrogen and oxygen atoms in total. The second-order valence-corrected chi connectivity index (χ2v) is 7.71. The molecule has 1 saturated heterocycles. The Morgan fingerprint density at radius 2 is 2.00 bits per heavy atom. The molecule has 9 heteroatoms. The summed E-state index contributed by atoms with van der Waals surface area (Å²) in [5.74, 6) is -1.54. The Morgan fingerprint density at radius 1 is 1.25 bits per heavy atom. The number of nitro groups is 1. The van der Waals surface area contributed by atoms with Gasteiger partial charge in [0.25, 0.3) is 5.69 Å². The van der Waals surface area contributed by atoms with Crippen molar-refractivity contribution in [3.8, 4) is 0 Å². The Balaban J connectivity index is 1.64. The Hall–Kier alpha value is -2.78. The maximum absolute atomic E-state index is 12.3. The van der Waals surface area contributed by atoms with Crippen LogP contribution in [0.4, 0.5) is 11.4 Å². The van der Waals surface area contributed by atoms with Gasteiger partial charge in [-0.15, -0.1) is 11.3 Å². The van der Waals surface area contributed by atoms with Crippen molar-refractivity contribution in [3.05, 3.63) is 56.3 Å². The van der Waals surface area contributed by atoms with E-state index in [0.29, 0.717) is 31.0 Å². The maximum atomic E-state index is 12.3. The third-order valence-corrected chi connectivity index (χ3v) is 6.07. The van der Waals surface area contributed by atoms with Crippen LogP contribution in [0, 0.1) is 17.0 Å². The standard InChI is InChI=1S/C19H21N3O5S/c1-13-11-14(22(25)26)4-5-15(13)21-18(24)17(23)20-12-19(6-8-27-9-7-19)16-3-2-10-28-16/h2-5,10-11H,6-9,12H2,1H3,(H,20,23)(H,21,24). The predicted molar refractivity (Wildman–Crippen MR) is 106 cm³/mol. The molecule has 0 unspecified atom stereocenters. The Labute approximate surface area is 166 Å². The van der Waals surface area contributed by atoms with Crippen LogP contribution in [0.1, 0.15) is 23.3 Å². The van der Waals surface area contributed by atoms with Gasteiger partial charge in [0.15, 0.2) is 0 Å². The number of carbonyl (C=O) groups excluding carboxylic acids is 2. The van der Waals surface area contributed by atoms with Gasteiger partial charge in [-0.1, -0.05) is 6.07 Å². The number of non-ortho nitro benzene ring substituents is 1. The number of benzene rings is 1. The van der Waals surface area contributed by atoms with Crippen LogP contribution in [0.5, 0.6) is 0 Å². The van der Waals surface area contributed by atoms with Crippen LogP contribution in [-0.2, 0) is 19.7 Å². The molecule has 2 N–H and O–H groups in total. The van der Waals surface area contributed by atoms with Crippen LogP contribution in [0.3, 0.4) is 0 Å². The number of aryl methyl sites for hydroxylation is 1. The first kappa shape index (κ1) is 20.0. The molecule has 2 aromatic rings. The van der Waals surface area contributed by atoms with Gasteiger partial charge in [-0.05, 0) is 42.8 Å². The van der Waals surface area contributed by atoms with E-state index in [1.165, 1.54) is 23.1 Å². The van der Waals surface area contributed by atoms with E-state index in [9.17, 15) is 19.7 Å². The Morgan fingerprint density at radius 3 is 2.61 bits per heavy atom. The minimum Gasteiger partial charge on any atom is -0.381 e. The molecule has 0 aliphatic carbocycles. The van der Waals surface area contributed by atoms with Crippen LogP contribution >= 0.6 is 11.3 Å². The monoisotopic (exact) mass is 403 g/mol. The van der Waals surface area contributed by atoms with E-state index in [2.05, 4.69) is 10.6 Å². The second kappa shape index (κ2) is 8.49. The number of amides is 2. The SMILES string of the molecule is Cc1cc([N+](=O)[O-])ccc1NC(=O)C(=O)NCC1(c2cccs2)CCOCC1. The van der Waals surface area contributed by atoms with Crippen molar-refractivity contribution < 1.29 is 19.2 Å². The van der Waals surface area contributed by atoms with Crippen LogP contribution < -0.4 is 10.6 Å². The van der Waals surface area contributed by atoms with Crippen molar-refractivity contribution in [2.24, 2.45) is 0 Å². The number of hydrogen-bond donors (Lipinski definition) is 2. The summed E-state index contributed by atoms with van der Waals surface area (Å²) in [5, 5.41) is 18.1. The lowest BCUT2D eigenvalue weighted by molar-refractivity contribution is -0.384. The molecule has 3 rings (SSSR count). The van der Waals surface area contributed by atoms with E-state index >= 15 is 0 Å². The number of nitrogens with one attached hydrogen (secondary N) is 2. The smallest absolute Gasteiger partial charge is 0.313 e. The highest BCUT2D eigenvalue weighted by atomic mass is 32.1. The molecule has 1 fully saturated rings. The fraction of sp³-hybridized carbons (Fsp3) is 0.368. The van der Waals surface area contributed by atoms with Crippen molar-refractivity contribution in [2.45, 2.75) is 25.2 Å². The molecular formula is C19H21N3O5S. The normalized spacial score (nSPS) is 15.6. The molecule has 1 aromatic heterocycles. The summed E-state index contributed by atoms with van der Waals surface area (Å²) in [6.07, 6.45) is 1.55. The number of hydrogen-bond acceptors (Lipinski definition) is 6. The molecule has 28 heavy (non-hydrogen) atoms. The summed E-state index contributed by atoms with van der Waals surface area (Å²) in [6.45, 7) is 3.21. The largest absolute Gasteiger partial charge is 0.381 e. The highest BCUT2D eigenvalue weighted by Crippen LogP contribution is 2.37. The van der Waals surface area contributed by atoms with Gasteiger partial charge in [-0.3, -0.25) is 19.7 Å². The summed E-state index contributed by atoms with van der Waals surface area (Å²) in [5.41, 5.74) is 0.572. The van der Waals surface area contributed by atoms with Gasteiger partial charge in [-0.2, -0.15) is 0 Å². The first-order valence-corrected chi connectivity index (χ1v) is 9.75. The number of thiophene rings is 1. The molecule has 0 spiro atoms. The predicted octanol–water partition coefficient (Wildman–Crippen LogP) is 2.77. The highest BCUT2D eigenvalue weighted by Gasteiger charge is 2.36. The van der Waals surface area contributed by atoms with Gasteiger partial charge in [-0.25, -0.2) is 0 Å². The number of rotatable bonds is 5. The second-order valence-electron chi connectivity index (χ2n) is 6.76. The lowest BCUT2D eigenvalue weighted by Crippen LogP contribution is -2.46. The number of nitrogens with zero attached hydrogens (tertiary/aromatic N) is 1. The molecule has 0 radical (unpaired) electrons. The first-order chi connectivity index (χ1) is 13.4. The van der Waals surface area contributed by atoms with Crippen LogP contribution in [0.25, 0.3) is 0 Å². The summed E-state index contributed by atoms with van der Waals surface area (Å²) in [4.78, 5) is 36.1. The molecule has 2 amide bonds. The third kappa shape index (κ3) is 4.37. The molecule has 148 valence electrons. The number of ether oxygens (including phenoxy) is 1. The average Bonchev–Trinajstić information content (AvgIpc) is 3.23. The first-order valence-electron chi connectivity index (χ1n) is 8.87. The van der Waals surface area contributed by atoms with Crippen LogP contribution in [0.15, 0.2) is 35.7 Å². The number of carbonyl (C=O) groups is 2. The topological polar surface area (TPSA) is 111 Å². The zero-order chi connectivity index (χ0) is 20.1. The molecular weight excluding hydrogens is 382 g/mol. The lowest BCUT2D eigenvalue weighted by Gasteiger charge is -2.36. The van der Waals surface area contributed by atoms with E-state index in [0.717, 1.165) is 12.8 Å². The van der Waals surface area contributed by atoms with E-state index in [-0.39, 0.29) is 11.1 Å². The summed E-state index contributed by atoms with van der Waals surface area (Å²) in [7, 11) is 0. The van der Waals surface area contributed by atoms with Gasteiger partial charge in [0.05, 0.1) is 4.92 Å². The molecule has 1 aliphatic heterocycles. The lowest BCUT2D eigenvalue weighted by atomic mass is 9.78. The molecule has 0 atom stereocenters. The summed E-state index contributed by atoms with van der Waals surface area (Å²) < 4.78 is 5.46. The highest BCUT2D eigenvalue weighted by molar-refractivity contribution is 7.10. The van der Waals surface area contributed by atoms with Crippen LogP contribution in [-0.4, -0.2) is 36.5 Å². The van der Waals surface area contributed by atoms with Gasteiger partial charge < -0.3 is 15.4 Å². The minimum atomic E-state index is -0.801. The zero-order valence-electron chi connectivity index (χ0n) is 15.4. The van der Waals surface area contributed by atoms with E-state index < -0.39 is 16.7 Å². The average molecular weight is 403 g/mol. The van der Waals surface area contributed by atoms with Crippen molar-refractivity contribution in [3.63, 3.8) is 0 Å². The van der Waals surface area contributed by atoms with Gasteiger partial charge >= 0.3 is 11.8 Å². The molecule has 1 aromatic carbocycles. The summed E-state index contributed by atoms with van der Waals surface area (Å²) in [6, 6.07) is 8.07. The van der Waals surface area contributed by atoms with Crippen molar-refractivity contribution in [1.29, 1.82) is 0 Å². The van der Waals surface area contributed by atoms with E-state index in [4.69, 9.17) is 4.74 Å². The Bertz CT molecular complexity index is 876. The zero-order valence-corrected chi connectivity index (χ0v) is 16.2. The van der Waals surface area contributed by atoms with Crippen molar-refractivity contribution in [2.75, 3.05) is 25.1 Å². The van der Waals surface area contributed by atoms with E-state index in [1.807, 2.05) is 17.5 Å². The fourth-order valence-electron chi connectivity index (χ4n) is 3.26. The molecule has 2 heterocycles. The summed E-state index contributed by atoms with van der Waals surface area (Å²) >= 11 is 1.63. The number of nitro benzene ring substituents is 1. The van der Waals surface area contributed by atoms with Gasteiger partial charge in [0, 0.05) is 47.9 Å².